The van der Waals surface area contributed by atoms with Crippen LogP contribution in [0.3, 0.4) is 0 Å². The van der Waals surface area contributed by atoms with E-state index in [0.717, 1.165) is 10.5 Å². The first-order chi connectivity index (χ1) is 14.8. The Morgan fingerprint density at radius 1 is 1.19 bits per heavy atom. The number of rotatable bonds is 7. The second-order valence-corrected chi connectivity index (χ2v) is 7.70. The molecule has 31 heavy (non-hydrogen) atoms. The molecule has 0 aromatic heterocycles. The van der Waals surface area contributed by atoms with Crippen LogP contribution < -0.4 is 14.8 Å². The minimum absolute atomic E-state index is 0.0256. The quantitative estimate of drug-likeness (QED) is 0.347. The fourth-order valence-corrected chi connectivity index (χ4v) is 3.48. The van der Waals surface area contributed by atoms with Crippen LogP contribution in [0.1, 0.15) is 11.1 Å². The molecule has 1 N–H and O–H groups in total. The predicted octanol–water partition coefficient (Wildman–Crippen LogP) is 3.76. The molecule has 2 aromatic carbocycles. The summed E-state index contributed by atoms with van der Waals surface area (Å²) in [6.07, 6.45) is 1.48. The number of benzene rings is 2. The number of methoxy groups -OCH3 is 2. The van der Waals surface area contributed by atoms with Crippen LogP contribution in [0, 0.1) is 0 Å². The minimum Gasteiger partial charge on any atom is -0.493 e. The number of carbonyl (C=O) groups is 3. The van der Waals surface area contributed by atoms with Crippen molar-refractivity contribution in [2.24, 2.45) is 0 Å². The van der Waals surface area contributed by atoms with Crippen molar-refractivity contribution in [2.75, 3.05) is 20.8 Å². The molecule has 3 rings (SSSR count). The highest BCUT2D eigenvalue weighted by Gasteiger charge is 2.35. The molecule has 0 unspecified atom stereocenters. The van der Waals surface area contributed by atoms with Gasteiger partial charge in [0.1, 0.15) is 18.8 Å². The van der Waals surface area contributed by atoms with E-state index in [0.29, 0.717) is 33.2 Å². The normalized spacial score (nSPS) is 14.6. The van der Waals surface area contributed by atoms with Gasteiger partial charge in [0.05, 0.1) is 18.7 Å². The molecule has 8 nitrogen and oxygen atoms in total. The highest BCUT2D eigenvalue weighted by Crippen LogP contribution is 2.38. The van der Waals surface area contributed by atoms with Gasteiger partial charge in [0.15, 0.2) is 11.5 Å². The molecule has 1 fully saturated rings. The Labute approximate surface area is 191 Å². The number of halogens is 2. The van der Waals surface area contributed by atoms with Crippen LogP contribution in [0.2, 0.25) is 5.02 Å². The van der Waals surface area contributed by atoms with Crippen LogP contribution in [0.15, 0.2) is 46.6 Å². The van der Waals surface area contributed by atoms with Gasteiger partial charge in [-0.05, 0) is 57.4 Å². The maximum atomic E-state index is 12.5. The van der Waals surface area contributed by atoms with E-state index in [-0.39, 0.29) is 5.70 Å². The van der Waals surface area contributed by atoms with Gasteiger partial charge in [-0.15, -0.1) is 0 Å². The molecule has 1 aliphatic rings. The van der Waals surface area contributed by atoms with Crippen LogP contribution in [0.5, 0.6) is 11.5 Å². The van der Waals surface area contributed by atoms with Gasteiger partial charge in [0.25, 0.3) is 5.91 Å². The van der Waals surface area contributed by atoms with Crippen LogP contribution in [-0.4, -0.2) is 43.6 Å². The van der Waals surface area contributed by atoms with Crippen LogP contribution >= 0.6 is 27.5 Å². The standard InChI is InChI=1S/C21H18BrClN2O6/c1-29-17-9-13(8-16-20(27)25(21(28)24-16)10-18(26)30-2)7-15(22)19(17)31-11-12-3-5-14(23)6-4-12/h3-9H,10-11H2,1-2H3,(H,24,28)/b16-8+. The second-order valence-electron chi connectivity index (χ2n) is 6.40. The third-order valence-corrected chi connectivity index (χ3v) is 5.18. The van der Waals surface area contributed by atoms with Crippen molar-refractivity contribution in [3.8, 4) is 11.5 Å². The summed E-state index contributed by atoms with van der Waals surface area (Å²) in [7, 11) is 2.67. The summed E-state index contributed by atoms with van der Waals surface area (Å²) >= 11 is 9.35. The number of esters is 1. The molecule has 1 saturated heterocycles. The monoisotopic (exact) mass is 508 g/mol. The van der Waals surface area contributed by atoms with E-state index >= 15 is 0 Å². The summed E-state index contributed by atoms with van der Waals surface area (Å²) in [5, 5.41) is 3.08. The van der Waals surface area contributed by atoms with E-state index in [1.165, 1.54) is 20.3 Å². The maximum absolute atomic E-state index is 12.5. The van der Waals surface area contributed by atoms with Gasteiger partial charge in [-0.2, -0.15) is 0 Å². The van der Waals surface area contributed by atoms with Crippen molar-refractivity contribution in [3.63, 3.8) is 0 Å². The maximum Gasteiger partial charge on any atom is 0.329 e. The van der Waals surface area contributed by atoms with Gasteiger partial charge < -0.3 is 19.5 Å². The van der Waals surface area contributed by atoms with Crippen molar-refractivity contribution in [2.45, 2.75) is 6.61 Å². The summed E-state index contributed by atoms with van der Waals surface area (Å²) in [5.41, 5.74) is 1.53. The SMILES string of the molecule is COC(=O)CN1C(=O)N/C(=C/c2cc(Br)c(OCc3ccc(Cl)cc3)c(OC)c2)C1=O. The second kappa shape index (κ2) is 9.84. The molecule has 0 spiro atoms. The fourth-order valence-electron chi connectivity index (χ4n) is 2.77. The lowest BCUT2D eigenvalue weighted by atomic mass is 10.1. The summed E-state index contributed by atoms with van der Waals surface area (Å²) in [5.74, 6) is -0.419. The van der Waals surface area contributed by atoms with Gasteiger partial charge in [0.2, 0.25) is 0 Å². The molecule has 162 valence electrons. The number of hydrogen-bond donors (Lipinski definition) is 1. The van der Waals surface area contributed by atoms with E-state index in [2.05, 4.69) is 26.0 Å². The summed E-state index contributed by atoms with van der Waals surface area (Å²) in [6, 6.07) is 9.95. The number of hydrogen-bond acceptors (Lipinski definition) is 6. The molecule has 0 aliphatic carbocycles. The number of amides is 3. The highest BCUT2D eigenvalue weighted by atomic mass is 79.9. The first-order valence-electron chi connectivity index (χ1n) is 8.98. The molecule has 2 aromatic rings. The largest absolute Gasteiger partial charge is 0.493 e. The molecule has 0 atom stereocenters. The van der Waals surface area contributed by atoms with Crippen molar-refractivity contribution < 1.29 is 28.6 Å². The Bertz CT molecular complexity index is 1050. The topological polar surface area (TPSA) is 94.2 Å². The summed E-state index contributed by atoms with van der Waals surface area (Å²) in [6.45, 7) is -0.174. The summed E-state index contributed by atoms with van der Waals surface area (Å²) < 4.78 is 16.4. The molecular weight excluding hydrogens is 492 g/mol. The third kappa shape index (κ3) is 5.36. The van der Waals surface area contributed by atoms with Crippen molar-refractivity contribution >= 4 is 51.5 Å². The zero-order valence-electron chi connectivity index (χ0n) is 16.6. The number of ether oxygens (including phenoxy) is 3. The molecule has 0 bridgehead atoms. The Morgan fingerprint density at radius 2 is 1.90 bits per heavy atom. The molecule has 1 heterocycles. The molecule has 3 amide bonds. The Morgan fingerprint density at radius 3 is 2.55 bits per heavy atom. The molecular formula is C21H18BrClN2O6. The van der Waals surface area contributed by atoms with Crippen molar-refractivity contribution in [1.29, 1.82) is 0 Å². The van der Waals surface area contributed by atoms with Crippen molar-refractivity contribution in [1.82, 2.24) is 10.2 Å². The summed E-state index contributed by atoms with van der Waals surface area (Å²) in [4.78, 5) is 36.6. The predicted molar refractivity (Wildman–Crippen MR) is 117 cm³/mol. The number of nitrogens with zero attached hydrogens (tertiary/aromatic N) is 1. The van der Waals surface area contributed by atoms with Crippen molar-refractivity contribution in [3.05, 3.63) is 62.7 Å². The molecule has 0 saturated carbocycles. The van der Waals surface area contributed by atoms with Crippen LogP contribution in [0.4, 0.5) is 4.79 Å². The zero-order valence-corrected chi connectivity index (χ0v) is 19.0. The van der Waals surface area contributed by atoms with Crippen LogP contribution in [0.25, 0.3) is 6.08 Å². The van der Waals surface area contributed by atoms with Crippen LogP contribution in [-0.2, 0) is 20.9 Å². The Hall–Kier alpha value is -3.04. The molecule has 0 radical (unpaired) electrons. The van der Waals surface area contributed by atoms with Gasteiger partial charge in [-0.1, -0.05) is 23.7 Å². The molecule has 10 heteroatoms. The number of imide groups is 1. The average molecular weight is 510 g/mol. The Kier molecular flexibility index (Phi) is 7.19. The van der Waals surface area contributed by atoms with E-state index in [1.807, 2.05) is 12.1 Å². The average Bonchev–Trinajstić information content (AvgIpc) is 3.01. The number of carbonyl (C=O) groups excluding carboxylic acids is 3. The van der Waals surface area contributed by atoms with E-state index < -0.39 is 24.5 Å². The molecule has 1 aliphatic heterocycles. The minimum atomic E-state index is -0.699. The Balaban J connectivity index is 1.80. The lowest BCUT2D eigenvalue weighted by molar-refractivity contribution is -0.143. The fraction of sp³-hybridized carbons (Fsp3) is 0.190. The first kappa shape index (κ1) is 22.6. The number of urea groups is 1. The van der Waals surface area contributed by atoms with Gasteiger partial charge >= 0.3 is 12.0 Å². The smallest absolute Gasteiger partial charge is 0.329 e. The van der Waals surface area contributed by atoms with E-state index in [4.69, 9.17) is 21.1 Å². The van der Waals surface area contributed by atoms with Gasteiger partial charge in [0, 0.05) is 5.02 Å². The lowest BCUT2D eigenvalue weighted by Gasteiger charge is -2.14. The number of nitrogens with one attached hydrogen (secondary N) is 1. The third-order valence-electron chi connectivity index (χ3n) is 4.34. The van der Waals surface area contributed by atoms with E-state index in [9.17, 15) is 14.4 Å². The zero-order chi connectivity index (χ0) is 22.5. The van der Waals surface area contributed by atoms with Gasteiger partial charge in [-0.25, -0.2) is 9.69 Å². The first-order valence-corrected chi connectivity index (χ1v) is 10.2. The van der Waals surface area contributed by atoms with Gasteiger partial charge in [-0.3, -0.25) is 9.59 Å². The highest BCUT2D eigenvalue weighted by molar-refractivity contribution is 9.10. The lowest BCUT2D eigenvalue weighted by Crippen LogP contribution is -2.36. The van der Waals surface area contributed by atoms with E-state index in [1.54, 1.807) is 24.3 Å².